The molecule has 0 amide bonds. The Kier molecular flexibility index (Phi) is 54.4. The SMILES string of the molecule is C[Si](C)(C)O[Si](C)(C)O[Si](C)(C)O[Si](C)(C)O[Si](C)(C)O[Si](C)(C)O[Si](C)(C)O[Si](C)(C)O[Si](C)(C)O[Si](C)(C)O[Si](C)(C)O[Si](C)(C)O[Si](C)(C)O[Si](C)(C)O[Si](C)(C)O[Si](C)(C)O[Si](C)(C)O[Si](C)(C)O[Si](C)(C)O[Si](C)(C)O[Si](C)(C)O[Si](C)(C)O[Si](C)(C)O[Si](C)(C)O[Si](C)(C)O[Si](C)(C)O[Si](C)(C)O[Si](C)(C)O[Si](C)(C)O[Si](C)(C)O[Si](C)(C)O[Si](C)(C)O[Si](C)(C)O[Si](C)(C)O[Si](C)(C)O[Si](C)(C)O[Si](C)(C)C. The van der Waals surface area contributed by atoms with Gasteiger partial charge < -0.3 is 148 Å². The van der Waals surface area contributed by atoms with E-state index in [0.29, 0.717) is 0 Å². The molecule has 0 aliphatic rings. The second-order valence-electron chi connectivity index (χ2n) is 56.9. The van der Waals surface area contributed by atoms with Gasteiger partial charge >= 0.3 is 300 Å². The van der Waals surface area contributed by atoms with Gasteiger partial charge in [-0.15, -0.1) is 0 Å². The van der Waals surface area contributed by atoms with Crippen LogP contribution in [0.3, 0.4) is 0 Å². The molecule has 0 bridgehead atoms. The largest absolute Gasteiger partial charge is 0.437 e. The molecule has 149 heavy (non-hydrogen) atoms. The first-order valence-electron chi connectivity index (χ1n) is 52.7. The molecule has 0 saturated heterocycles. The molecule has 0 aromatic rings. The Bertz CT molecular complexity index is 3670. The molecule has 0 atom stereocenters. The van der Waals surface area contributed by atoms with Gasteiger partial charge in [0.05, 0.1) is 0 Å². The first-order chi connectivity index (χ1) is 63.5. The predicted octanol–water partition coefficient (Wildman–Crippen LogP) is 27.8. The summed E-state index contributed by atoms with van der Waals surface area (Å²) in [6, 6.07) is 0. The molecule has 0 aliphatic heterocycles. The van der Waals surface area contributed by atoms with Crippen LogP contribution in [0.1, 0.15) is 0 Å². The Morgan fingerprint density at radius 2 is 0.0738 bits per heavy atom. The third kappa shape index (κ3) is 72.6. The fourth-order valence-corrected chi connectivity index (χ4v) is 214. The van der Waals surface area contributed by atoms with Gasteiger partial charge in [-0.1, -0.05) is 0 Å². The van der Waals surface area contributed by atoms with E-state index in [9.17, 15) is 0 Å². The molecule has 0 aromatic carbocycles. The lowest BCUT2D eigenvalue weighted by atomic mass is 11.8. The van der Waals surface area contributed by atoms with Gasteiger partial charge in [0.1, 0.15) is 0 Å². The summed E-state index contributed by atoms with van der Waals surface area (Å²) in [4.78, 5) is 0. The van der Waals surface area contributed by atoms with E-state index in [-0.39, 0.29) is 0 Å². The van der Waals surface area contributed by atoms with E-state index in [1.807, 2.05) is 0 Å². The standard InChI is InChI=1S/C76H228O36Si37/c1-113(2,3)77-115(7,8)79-117(11,12)81-119(15,16)83-121(19,20)85-123(23,24)87-125(27,28)89-127(31,32)91-129(35,36)93-131(39,40)95-133(43,44)97-135(47,48)99-137(51,52)101-139(55,56)103-141(59,60)105-143(63,64)107-145(67,68)109-147(71,72)111-149(75,76)112-148(73,74)110-146(69,70)108-144(65,66)106-142(61,62)104-140(57,58)102-138(53,54)100-136(49,50)98-134(45,46)96-132(41,42)94-130(37,38)92-128(33,34)90-126(29,30)88-124(25,26)86-122(21,22)84-120(17,18)82-118(13,14)80-116(9,10)78-114(4,5)6/h1-76H3. The van der Waals surface area contributed by atoms with Crippen molar-refractivity contribution in [3.8, 4) is 0 Å². The summed E-state index contributed by atoms with van der Waals surface area (Å²) in [6.07, 6.45) is 0. The van der Waals surface area contributed by atoms with Crippen LogP contribution in [0.5, 0.6) is 0 Å². The first-order valence-corrected chi connectivity index (χ1v) is 158. The van der Waals surface area contributed by atoms with E-state index in [4.69, 9.17) is 148 Å². The average molecular weight is 2760 g/mol. The van der Waals surface area contributed by atoms with Crippen LogP contribution in [0.25, 0.3) is 0 Å². The van der Waals surface area contributed by atoms with Gasteiger partial charge in [-0.25, -0.2) is 0 Å². The quantitative estimate of drug-likeness (QED) is 0.0510. The highest BCUT2D eigenvalue weighted by atomic mass is 28.6. The maximum absolute atomic E-state index is 7.06. The molecule has 36 nitrogen and oxygen atoms in total. The van der Waals surface area contributed by atoms with Gasteiger partial charge in [0.25, 0.3) is 0 Å². The fraction of sp³-hybridized carbons (Fsp3) is 1.00. The smallest absolute Gasteiger partial charge is 0.314 e. The third-order valence-corrected chi connectivity index (χ3v) is 160. The molecular formula is C76H228O36Si37. The third-order valence-electron chi connectivity index (χ3n) is 17.8. The van der Waals surface area contributed by atoms with Crippen molar-refractivity contribution < 1.29 is 148 Å². The Morgan fingerprint density at radius 3 is 0.101 bits per heavy atom. The monoisotopic (exact) mass is 2750 g/mol. The van der Waals surface area contributed by atoms with E-state index in [1.54, 1.807) is 0 Å². The summed E-state index contributed by atoms with van der Waals surface area (Å²) in [7, 11) is -104. The molecule has 896 valence electrons. The minimum Gasteiger partial charge on any atom is -0.437 e. The van der Waals surface area contributed by atoms with E-state index in [0.717, 1.165) is 0 Å². The fourth-order valence-electron chi connectivity index (χ4n) is 22.3. The van der Waals surface area contributed by atoms with Crippen molar-refractivity contribution in [2.24, 2.45) is 0 Å². The lowest BCUT2D eigenvalue weighted by molar-refractivity contribution is 0.240. The molecule has 0 aliphatic carbocycles. The maximum atomic E-state index is 7.06. The van der Waals surface area contributed by atoms with Crippen molar-refractivity contribution in [1.29, 1.82) is 0 Å². The van der Waals surface area contributed by atoms with Gasteiger partial charge in [0, 0.05) is 0 Å². The topological polar surface area (TPSA) is 332 Å². The van der Waals surface area contributed by atoms with Gasteiger partial charge in [-0.2, -0.15) is 0 Å². The molecule has 0 radical (unpaired) electrons. The molecule has 0 fully saturated rings. The molecule has 0 spiro atoms. The lowest BCUT2D eigenvalue weighted by Crippen LogP contribution is -2.63. The van der Waals surface area contributed by atoms with Gasteiger partial charge in [0.15, 0.2) is 16.6 Å². The molecule has 73 heteroatoms. The second-order valence-corrected chi connectivity index (χ2v) is 193. The summed E-state index contributed by atoms with van der Waals surface area (Å²) in [5, 5.41) is 0. The first kappa shape index (κ1) is 156. The summed E-state index contributed by atoms with van der Waals surface area (Å²) in [5.41, 5.74) is 0. The van der Waals surface area contributed by atoms with Crippen LogP contribution in [0.2, 0.25) is 498 Å². The predicted molar refractivity (Wildman–Crippen MR) is 698 cm³/mol. The van der Waals surface area contributed by atoms with Crippen LogP contribution in [0, 0.1) is 0 Å². The summed E-state index contributed by atoms with van der Waals surface area (Å²) in [6.45, 7) is 157. The highest BCUT2D eigenvalue weighted by Gasteiger charge is 2.61. The normalized spacial score (nSPS) is 16.3. The van der Waals surface area contributed by atoms with Gasteiger partial charge in [-0.05, 0) is 498 Å². The second kappa shape index (κ2) is 52.1. The Hall–Kier alpha value is 6.58. The lowest BCUT2D eigenvalue weighted by Gasteiger charge is -2.45. The zero-order valence-electron chi connectivity index (χ0n) is 109. The average Bonchev–Trinajstić information content (AvgIpc) is 0.795. The Labute approximate surface area is 952 Å². The van der Waals surface area contributed by atoms with E-state index in [2.05, 4.69) is 498 Å². The van der Waals surface area contributed by atoms with Crippen molar-refractivity contribution in [3.05, 3.63) is 0 Å². The molecule has 0 aromatic heterocycles. The van der Waals surface area contributed by atoms with Crippen LogP contribution >= 0.6 is 0 Å². The number of hydrogen-bond donors (Lipinski definition) is 0. The zero-order valence-corrected chi connectivity index (χ0v) is 146. The number of rotatable bonds is 72. The number of hydrogen-bond acceptors (Lipinski definition) is 36. The maximum Gasteiger partial charge on any atom is 0.314 e. The van der Waals surface area contributed by atoms with Crippen molar-refractivity contribution >= 4 is 316 Å². The minimum atomic E-state index is -2.97. The minimum absolute atomic E-state index is 1.82. The Balaban J connectivity index is 6.02. The summed E-state index contributed by atoms with van der Waals surface area (Å²) < 4.78 is 250. The Morgan fingerprint density at radius 1 is 0.0470 bits per heavy atom. The van der Waals surface area contributed by atoms with Gasteiger partial charge in [0.2, 0.25) is 0 Å². The van der Waals surface area contributed by atoms with Crippen molar-refractivity contribution in [1.82, 2.24) is 0 Å². The summed E-state index contributed by atoms with van der Waals surface area (Å²) in [5.74, 6) is 0. The van der Waals surface area contributed by atoms with Crippen molar-refractivity contribution in [2.45, 2.75) is 498 Å². The van der Waals surface area contributed by atoms with E-state index >= 15 is 0 Å². The highest BCUT2D eigenvalue weighted by molar-refractivity contribution is 7.01. The van der Waals surface area contributed by atoms with Crippen LogP contribution in [0.4, 0.5) is 0 Å². The van der Waals surface area contributed by atoms with E-state index in [1.165, 1.54) is 0 Å². The summed E-state index contributed by atoms with van der Waals surface area (Å²) >= 11 is 0. The zero-order chi connectivity index (χ0) is 120. The highest BCUT2D eigenvalue weighted by Crippen LogP contribution is 2.41. The van der Waals surface area contributed by atoms with Crippen LogP contribution < -0.4 is 0 Å². The molecule has 0 heterocycles. The molecule has 0 N–H and O–H groups in total. The van der Waals surface area contributed by atoms with Crippen molar-refractivity contribution in [2.75, 3.05) is 0 Å². The van der Waals surface area contributed by atoms with E-state index < -0.39 is 316 Å². The van der Waals surface area contributed by atoms with Crippen molar-refractivity contribution in [3.63, 3.8) is 0 Å². The van der Waals surface area contributed by atoms with Gasteiger partial charge in [-0.3, -0.25) is 0 Å². The molecule has 0 rings (SSSR count). The molecule has 0 saturated carbocycles. The van der Waals surface area contributed by atoms with Crippen LogP contribution in [-0.4, -0.2) is 316 Å². The van der Waals surface area contributed by atoms with Crippen LogP contribution in [0.15, 0.2) is 0 Å². The molecular weight excluding hydrogens is 2530 g/mol. The molecule has 0 unspecified atom stereocenters. The van der Waals surface area contributed by atoms with Crippen LogP contribution in [-0.2, 0) is 148 Å².